The van der Waals surface area contributed by atoms with Gasteiger partial charge in [-0.1, -0.05) is 229 Å². The second kappa shape index (κ2) is 22.0. The van der Waals surface area contributed by atoms with Gasteiger partial charge in [-0.3, -0.25) is 13.7 Å². The van der Waals surface area contributed by atoms with Crippen LogP contribution in [0.25, 0.3) is 106 Å². The van der Waals surface area contributed by atoms with E-state index in [1.54, 1.807) is 12.3 Å². The zero-order valence-electron chi connectivity index (χ0n) is 55.7. The summed E-state index contributed by atoms with van der Waals surface area (Å²) in [5, 5.41) is 2.00. The van der Waals surface area contributed by atoms with Gasteiger partial charge < -0.3 is 4.74 Å². The van der Waals surface area contributed by atoms with Crippen LogP contribution in [0.1, 0.15) is 115 Å². The monoisotopic (exact) mass is 1150 g/mol. The number of pyridine rings is 1. The number of hydrogen-bond acceptors (Lipinski definition) is 2. The summed E-state index contributed by atoms with van der Waals surface area (Å²) in [6, 6.07) is 81.0. The Morgan fingerprint density at radius 2 is 0.875 bits per heavy atom. The minimum Gasteiger partial charge on any atom is -0.458 e. The molecule has 5 nitrogen and oxygen atoms in total. The number of aryl methyl sites for hydroxylation is 1. The van der Waals surface area contributed by atoms with Crippen LogP contribution in [0.2, 0.25) is 0 Å². The molecule has 13 aromatic rings. The smallest absolute Gasteiger partial charge is 0.269 e. The van der Waals surface area contributed by atoms with Crippen molar-refractivity contribution in [3.63, 3.8) is 0 Å². The van der Waals surface area contributed by atoms with Crippen LogP contribution in [0.5, 0.6) is 11.5 Å². The molecule has 0 unspecified atom stereocenters. The predicted octanol–water partition coefficient (Wildman–Crippen LogP) is 21.8. The third-order valence-electron chi connectivity index (χ3n) is 17.3. The molecule has 10 aromatic carbocycles. The molecular formula is C83H78N4O. The summed E-state index contributed by atoms with van der Waals surface area (Å²) in [5.74, 6) is 1.75. The Labute approximate surface area is 524 Å². The topological polar surface area (TPSA) is 35.9 Å². The first-order chi connectivity index (χ1) is 43.2. The molecule has 13 rings (SSSR count). The lowest BCUT2D eigenvalue weighted by atomic mass is 9.78. The van der Waals surface area contributed by atoms with Gasteiger partial charge in [-0.2, -0.15) is 0 Å². The van der Waals surface area contributed by atoms with Crippen LogP contribution in [0.4, 0.5) is 0 Å². The molecule has 0 fully saturated rings. The molecule has 0 aliphatic rings. The highest BCUT2D eigenvalue weighted by molar-refractivity contribution is 6.09. The molecule has 0 atom stereocenters. The third-order valence-corrected chi connectivity index (χ3v) is 17.3. The molecule has 88 heavy (non-hydrogen) atoms. The van der Waals surface area contributed by atoms with Crippen molar-refractivity contribution in [2.75, 3.05) is 0 Å². The molecule has 3 heterocycles. The first-order valence-electron chi connectivity index (χ1n) is 32.2. The van der Waals surface area contributed by atoms with Crippen molar-refractivity contribution >= 4 is 32.8 Å². The number of ether oxygens (including phenoxy) is 1. The van der Waals surface area contributed by atoms with Crippen LogP contribution in [0, 0.1) is 13.2 Å². The van der Waals surface area contributed by atoms with E-state index in [1.165, 1.54) is 22.3 Å². The Bertz CT molecular complexity index is 4710. The first-order valence-corrected chi connectivity index (χ1v) is 30.7. The minimum atomic E-state index is -2.52. The summed E-state index contributed by atoms with van der Waals surface area (Å²) < 4.78 is 41.1. The SMILES string of the molecule is [2H]C([2H])([2H])c1cc(-n2c3ccccc3c3ccc(Oc4cccc(-n5[c-][n+](-c6cc(-c7ccccc7)cc(-c7ccccc7)c6)c6ccccc65)c4)cc32)ncc1-c1cc(-c2cc(C(C)(C)C)cc(C(C)(C)C)c2)cc(-c2cc(C(C)(C)C)cc(C(C)(C)C)c2)c1. The van der Waals surface area contributed by atoms with Gasteiger partial charge in [0.1, 0.15) is 17.3 Å². The maximum atomic E-state index is 9.32. The zero-order chi connectivity index (χ0) is 63.9. The van der Waals surface area contributed by atoms with Gasteiger partial charge in [-0.05, 0) is 185 Å². The van der Waals surface area contributed by atoms with Crippen molar-refractivity contribution in [3.8, 4) is 84.3 Å². The van der Waals surface area contributed by atoms with Crippen molar-refractivity contribution in [1.29, 1.82) is 0 Å². The van der Waals surface area contributed by atoms with Gasteiger partial charge in [0, 0.05) is 32.7 Å². The molecule has 0 N–H and O–H groups in total. The Morgan fingerprint density at radius 1 is 0.398 bits per heavy atom. The molecule has 0 radical (unpaired) electrons. The molecule has 3 aromatic heterocycles. The van der Waals surface area contributed by atoms with Crippen molar-refractivity contribution < 1.29 is 13.4 Å². The largest absolute Gasteiger partial charge is 0.458 e. The van der Waals surface area contributed by atoms with Crippen LogP contribution in [0.15, 0.2) is 237 Å². The lowest BCUT2D eigenvalue weighted by molar-refractivity contribution is -0.572. The van der Waals surface area contributed by atoms with Crippen molar-refractivity contribution in [2.45, 2.75) is 112 Å². The van der Waals surface area contributed by atoms with Gasteiger partial charge in [0.05, 0.1) is 33.4 Å². The van der Waals surface area contributed by atoms with Crippen LogP contribution < -0.4 is 9.30 Å². The Hall–Kier alpha value is -9.58. The molecule has 436 valence electrons. The van der Waals surface area contributed by atoms with E-state index >= 15 is 0 Å². The minimum absolute atomic E-state index is 0.118. The normalized spacial score (nSPS) is 13.0. The number of rotatable bonds is 10. The average molecular weight is 1150 g/mol. The maximum absolute atomic E-state index is 9.32. The van der Waals surface area contributed by atoms with Crippen molar-refractivity contribution in [3.05, 3.63) is 271 Å². The highest BCUT2D eigenvalue weighted by atomic mass is 16.5. The molecule has 0 aliphatic carbocycles. The van der Waals surface area contributed by atoms with Gasteiger partial charge in [0.15, 0.2) is 0 Å². The standard InChI is InChI=1S/C83H78N4O/c1-54-37-79(84-52-74(54)63-40-57(61-42-64(80(2,3)4)48-65(43-61)81(5,6)7)38-58(41-63)62-44-66(82(8,9)10)49-67(45-62)83(11,12)13)87-75-32-21-20-31-72(75)73-36-35-71(51-78(73)87)88-70-30-24-29-68(50-70)85-53-86(77-34-23-22-33-76(77)85)69-46-59(55-25-16-14-17-26-55)39-60(47-69)56-27-18-15-19-28-56/h14-52H,1-13H3/i1D3. The number of hydrogen-bond donors (Lipinski definition) is 0. The lowest BCUT2D eigenvalue weighted by Gasteiger charge is -2.27. The van der Waals surface area contributed by atoms with Crippen molar-refractivity contribution in [2.24, 2.45) is 0 Å². The van der Waals surface area contributed by atoms with Crippen molar-refractivity contribution in [1.82, 2.24) is 14.1 Å². The van der Waals surface area contributed by atoms with E-state index in [2.05, 4.69) is 273 Å². The maximum Gasteiger partial charge on any atom is 0.269 e. The fourth-order valence-corrected chi connectivity index (χ4v) is 12.1. The molecule has 0 bridgehead atoms. The van der Waals surface area contributed by atoms with E-state index in [4.69, 9.17) is 9.72 Å². The number of para-hydroxylation sites is 3. The summed E-state index contributed by atoms with van der Waals surface area (Å²) in [7, 11) is 0. The number of benzene rings is 10. The van der Waals surface area contributed by atoms with E-state index < -0.39 is 6.85 Å². The Kier molecular flexibility index (Phi) is 13.5. The third kappa shape index (κ3) is 11.3. The molecular weight excluding hydrogens is 1070 g/mol. The summed E-state index contributed by atoms with van der Waals surface area (Å²) in [4.78, 5) is 5.27. The Morgan fingerprint density at radius 3 is 1.43 bits per heavy atom. The van der Waals surface area contributed by atoms with Gasteiger partial charge in [0.2, 0.25) is 0 Å². The van der Waals surface area contributed by atoms with Crippen LogP contribution in [-0.4, -0.2) is 14.1 Å². The first kappa shape index (κ1) is 53.9. The van der Waals surface area contributed by atoms with Gasteiger partial charge in [0.25, 0.3) is 6.33 Å². The van der Waals surface area contributed by atoms with Gasteiger partial charge in [-0.25, -0.2) is 4.98 Å². The van der Waals surface area contributed by atoms with E-state index in [-0.39, 0.29) is 27.2 Å². The van der Waals surface area contributed by atoms with E-state index in [1.807, 2.05) is 54.6 Å². The summed E-state index contributed by atoms with van der Waals surface area (Å²) in [6.07, 6.45) is 5.52. The molecule has 5 heteroatoms. The molecule has 0 spiro atoms. The van der Waals surface area contributed by atoms with Crippen LogP contribution in [-0.2, 0) is 21.7 Å². The van der Waals surface area contributed by atoms with E-state index in [0.717, 1.165) is 94.3 Å². The highest BCUT2D eigenvalue weighted by Crippen LogP contribution is 2.42. The average Bonchev–Trinajstić information content (AvgIpc) is 1.66. The number of imidazole rings is 1. The van der Waals surface area contributed by atoms with Gasteiger partial charge in [-0.15, -0.1) is 0 Å². The van der Waals surface area contributed by atoms with E-state index in [0.29, 0.717) is 22.9 Å². The van der Waals surface area contributed by atoms with Crippen LogP contribution in [0.3, 0.4) is 0 Å². The summed E-state index contributed by atoms with van der Waals surface area (Å²) in [5.41, 5.74) is 20.3. The van der Waals surface area contributed by atoms with Gasteiger partial charge >= 0.3 is 0 Å². The summed E-state index contributed by atoms with van der Waals surface area (Å²) >= 11 is 0. The number of fused-ring (bicyclic) bond motifs is 4. The second-order valence-electron chi connectivity index (χ2n) is 27.9. The quantitative estimate of drug-likeness (QED) is 0.101. The molecule has 0 saturated heterocycles. The zero-order valence-corrected chi connectivity index (χ0v) is 52.7. The summed E-state index contributed by atoms with van der Waals surface area (Å²) in [6.45, 7) is 24.7. The number of aromatic nitrogens is 4. The Balaban J connectivity index is 0.918. The lowest BCUT2D eigenvalue weighted by Crippen LogP contribution is -2.29. The highest BCUT2D eigenvalue weighted by Gasteiger charge is 2.25. The van der Waals surface area contributed by atoms with Crippen LogP contribution >= 0.6 is 0 Å². The fourth-order valence-electron chi connectivity index (χ4n) is 12.1. The molecule has 0 saturated carbocycles. The van der Waals surface area contributed by atoms with E-state index in [9.17, 15) is 4.11 Å². The number of nitrogens with zero attached hydrogens (tertiary/aromatic N) is 4. The molecule has 0 aliphatic heterocycles. The fraction of sp³-hybridized carbons (Fsp3) is 0.205. The second-order valence-corrected chi connectivity index (χ2v) is 27.9. The predicted molar refractivity (Wildman–Crippen MR) is 369 cm³/mol. The molecule has 0 amide bonds.